The van der Waals surface area contributed by atoms with Crippen LogP contribution in [0.15, 0.2) is 35.5 Å². The van der Waals surface area contributed by atoms with Crippen molar-refractivity contribution in [2.45, 2.75) is 110 Å². The quantitative estimate of drug-likeness (QED) is 0.520. The third-order valence-electron chi connectivity index (χ3n) is 8.44. The molecule has 0 aromatic carbocycles. The van der Waals surface area contributed by atoms with Crippen LogP contribution in [-0.4, -0.2) is 33.1 Å². The van der Waals surface area contributed by atoms with Crippen LogP contribution in [0.4, 0.5) is 0 Å². The fourth-order valence-electron chi connectivity index (χ4n) is 6.74. The maximum atomic E-state index is 10.1. The Balaban J connectivity index is 1.70. The van der Waals surface area contributed by atoms with Crippen molar-refractivity contribution in [1.82, 2.24) is 0 Å². The first kappa shape index (κ1) is 23.8. The fourth-order valence-corrected chi connectivity index (χ4v) is 6.74. The summed E-state index contributed by atoms with van der Waals surface area (Å²) in [5, 5.41) is 30.2. The van der Waals surface area contributed by atoms with Crippen molar-refractivity contribution >= 4 is 0 Å². The molecule has 0 aromatic rings. The molecule has 30 heavy (non-hydrogen) atoms. The van der Waals surface area contributed by atoms with Crippen LogP contribution in [0.25, 0.3) is 0 Å². The molecule has 170 valence electrons. The third-order valence-corrected chi connectivity index (χ3v) is 8.44. The van der Waals surface area contributed by atoms with Gasteiger partial charge >= 0.3 is 0 Å². The van der Waals surface area contributed by atoms with Crippen molar-refractivity contribution in [2.75, 3.05) is 0 Å². The second-order valence-electron chi connectivity index (χ2n) is 11.3. The summed E-state index contributed by atoms with van der Waals surface area (Å²) in [7, 11) is 0. The molecule has 0 saturated heterocycles. The Labute approximate surface area is 184 Å². The van der Waals surface area contributed by atoms with Crippen molar-refractivity contribution in [1.29, 1.82) is 0 Å². The van der Waals surface area contributed by atoms with E-state index in [2.05, 4.69) is 32.6 Å². The summed E-state index contributed by atoms with van der Waals surface area (Å²) in [4.78, 5) is 0. The van der Waals surface area contributed by atoms with Crippen LogP contribution in [0.1, 0.15) is 91.9 Å². The predicted molar refractivity (Wildman–Crippen MR) is 124 cm³/mol. The van der Waals surface area contributed by atoms with E-state index in [4.69, 9.17) is 0 Å². The van der Waals surface area contributed by atoms with Gasteiger partial charge in [0.15, 0.2) is 0 Å². The van der Waals surface area contributed by atoms with Gasteiger partial charge in [0.05, 0.1) is 17.8 Å². The normalized spacial score (nSPS) is 38.8. The van der Waals surface area contributed by atoms with Gasteiger partial charge in [-0.15, -0.1) is 0 Å². The zero-order valence-electron chi connectivity index (χ0n) is 19.7. The Hall–Kier alpha value is -0.900. The molecule has 0 bridgehead atoms. The van der Waals surface area contributed by atoms with Gasteiger partial charge in [-0.1, -0.05) is 51.0 Å². The largest absolute Gasteiger partial charge is 0.393 e. The van der Waals surface area contributed by atoms with Gasteiger partial charge in [0.25, 0.3) is 0 Å². The van der Waals surface area contributed by atoms with Crippen LogP contribution in [-0.2, 0) is 0 Å². The predicted octanol–water partition coefficient (Wildman–Crippen LogP) is 5.70. The van der Waals surface area contributed by atoms with Crippen molar-refractivity contribution in [3.05, 3.63) is 35.5 Å². The van der Waals surface area contributed by atoms with E-state index >= 15 is 0 Å². The van der Waals surface area contributed by atoms with E-state index in [1.54, 1.807) is 5.57 Å². The highest BCUT2D eigenvalue weighted by Gasteiger charge is 2.50. The number of hydrogen-bond acceptors (Lipinski definition) is 3. The molecule has 0 amide bonds. The molecule has 6 atom stereocenters. The number of rotatable bonds is 6. The Bertz CT molecular complexity index is 683. The molecule has 3 saturated carbocycles. The van der Waals surface area contributed by atoms with Gasteiger partial charge in [-0.2, -0.15) is 0 Å². The van der Waals surface area contributed by atoms with Gasteiger partial charge in [0, 0.05) is 6.42 Å². The van der Waals surface area contributed by atoms with Gasteiger partial charge in [-0.3, -0.25) is 0 Å². The van der Waals surface area contributed by atoms with E-state index in [9.17, 15) is 15.3 Å². The molecular formula is C27H44O3. The summed E-state index contributed by atoms with van der Waals surface area (Å²) in [5.41, 5.74) is 3.17. The lowest BCUT2D eigenvalue weighted by Gasteiger charge is -2.44. The summed E-state index contributed by atoms with van der Waals surface area (Å²) in [6.45, 7) is 12.8. The lowest BCUT2D eigenvalue weighted by molar-refractivity contribution is 0.0596. The minimum absolute atomic E-state index is 0.374. The SMILES string of the molecule is C=C1/C(=C\C=C2\CCC[C@@]3(C)[C@@H]2CC[C@@H]3[C@H](C)CCCC(C)(C)O)C[C@@H](O)C[C@@H]1O. The zero-order chi connectivity index (χ0) is 22.1. The Morgan fingerprint density at radius 2 is 1.97 bits per heavy atom. The average molecular weight is 417 g/mol. The van der Waals surface area contributed by atoms with E-state index in [-0.39, 0.29) is 0 Å². The summed E-state index contributed by atoms with van der Waals surface area (Å²) < 4.78 is 0. The summed E-state index contributed by atoms with van der Waals surface area (Å²) in [6.07, 6.45) is 13.9. The molecule has 3 heteroatoms. The first-order valence-electron chi connectivity index (χ1n) is 12.2. The second-order valence-corrected chi connectivity index (χ2v) is 11.3. The van der Waals surface area contributed by atoms with Gasteiger partial charge in [-0.25, -0.2) is 0 Å². The molecule has 3 nitrogen and oxygen atoms in total. The molecule has 0 spiro atoms. The van der Waals surface area contributed by atoms with Gasteiger partial charge < -0.3 is 15.3 Å². The van der Waals surface area contributed by atoms with Crippen LogP contribution < -0.4 is 0 Å². The van der Waals surface area contributed by atoms with Crippen LogP contribution in [0.5, 0.6) is 0 Å². The van der Waals surface area contributed by atoms with Crippen molar-refractivity contribution in [3.8, 4) is 0 Å². The fraction of sp³-hybridized carbons (Fsp3) is 0.778. The third kappa shape index (κ3) is 5.29. The van der Waals surface area contributed by atoms with Crippen molar-refractivity contribution in [3.63, 3.8) is 0 Å². The first-order valence-corrected chi connectivity index (χ1v) is 12.2. The number of hydrogen-bond donors (Lipinski definition) is 3. The smallest absolute Gasteiger partial charge is 0.0811 e. The van der Waals surface area contributed by atoms with Crippen LogP contribution in [0.2, 0.25) is 0 Å². The molecule has 0 heterocycles. The van der Waals surface area contributed by atoms with Gasteiger partial charge in [0.1, 0.15) is 0 Å². The maximum absolute atomic E-state index is 10.1. The van der Waals surface area contributed by atoms with Gasteiger partial charge in [-0.05, 0) is 93.1 Å². The van der Waals surface area contributed by atoms with E-state index in [1.165, 1.54) is 38.5 Å². The van der Waals surface area contributed by atoms with Crippen molar-refractivity contribution < 1.29 is 15.3 Å². The maximum Gasteiger partial charge on any atom is 0.0811 e. The number of aliphatic hydroxyl groups is 3. The van der Waals surface area contributed by atoms with Crippen LogP contribution >= 0.6 is 0 Å². The number of allylic oxidation sites excluding steroid dienone is 3. The Morgan fingerprint density at radius 1 is 1.23 bits per heavy atom. The summed E-state index contributed by atoms with van der Waals surface area (Å²) in [5.74, 6) is 2.11. The molecule has 3 rings (SSSR count). The summed E-state index contributed by atoms with van der Waals surface area (Å²) in [6, 6.07) is 0. The van der Waals surface area contributed by atoms with E-state index in [0.29, 0.717) is 30.1 Å². The molecule has 0 aromatic heterocycles. The van der Waals surface area contributed by atoms with Crippen LogP contribution in [0, 0.1) is 23.2 Å². The van der Waals surface area contributed by atoms with Crippen LogP contribution in [0.3, 0.4) is 0 Å². The highest BCUT2D eigenvalue weighted by atomic mass is 16.3. The molecular weight excluding hydrogens is 372 g/mol. The molecule has 3 aliphatic carbocycles. The number of fused-ring (bicyclic) bond motifs is 1. The molecule has 0 radical (unpaired) electrons. The Morgan fingerprint density at radius 3 is 2.67 bits per heavy atom. The van der Waals surface area contributed by atoms with Crippen molar-refractivity contribution in [2.24, 2.45) is 23.2 Å². The monoisotopic (exact) mass is 416 g/mol. The molecule has 0 aliphatic heterocycles. The molecule has 0 unspecified atom stereocenters. The molecule has 3 N–H and O–H groups in total. The minimum atomic E-state index is -0.615. The topological polar surface area (TPSA) is 60.7 Å². The average Bonchev–Trinajstić information content (AvgIpc) is 3.00. The van der Waals surface area contributed by atoms with Gasteiger partial charge in [0.2, 0.25) is 0 Å². The highest BCUT2D eigenvalue weighted by Crippen LogP contribution is 2.60. The minimum Gasteiger partial charge on any atom is -0.393 e. The molecule has 3 aliphatic rings. The van der Waals surface area contributed by atoms with E-state index in [1.807, 2.05) is 13.8 Å². The number of aliphatic hydroxyl groups excluding tert-OH is 2. The second kappa shape index (κ2) is 9.30. The standard InChI is InChI=1S/C27H44O3/c1-18(8-6-14-26(3,4)30)23-12-13-24-20(9-7-15-27(23,24)5)10-11-21-16-22(28)17-25(29)19(21)2/h10-11,18,22-25,28-30H,2,6-9,12-17H2,1,3-5H3/b20-10-,21-11-/t18-,22-,23-,24-,25+,27-/m1/s1. The van der Waals surface area contributed by atoms with E-state index < -0.39 is 17.8 Å². The first-order chi connectivity index (χ1) is 14.0. The lowest BCUT2D eigenvalue weighted by Crippen LogP contribution is -2.36. The lowest BCUT2D eigenvalue weighted by atomic mass is 9.60. The Kier molecular flexibility index (Phi) is 7.37. The zero-order valence-corrected chi connectivity index (χ0v) is 19.7. The highest BCUT2D eigenvalue weighted by molar-refractivity contribution is 5.38. The molecule has 3 fully saturated rings. The van der Waals surface area contributed by atoms with E-state index in [0.717, 1.165) is 29.9 Å². The summed E-state index contributed by atoms with van der Waals surface area (Å²) >= 11 is 0.